The van der Waals surface area contributed by atoms with Gasteiger partial charge in [0.25, 0.3) is 22.3 Å². The summed E-state index contributed by atoms with van der Waals surface area (Å²) in [6, 6.07) is 40.8. The maximum absolute atomic E-state index is 13.2. The Morgan fingerprint density at radius 2 is 0.672 bits per heavy atom. The van der Waals surface area contributed by atoms with Gasteiger partial charge in [0, 0.05) is 97.4 Å². The Labute approximate surface area is 390 Å². The molecular weight excluding hydrogens is 886 g/mol. The molecule has 4 N–H and O–H groups in total. The van der Waals surface area contributed by atoms with E-state index < -0.39 is 10.5 Å². The van der Waals surface area contributed by atoms with Crippen LogP contribution in [0.1, 0.15) is 41.4 Å². The number of carbonyl (C=O) groups excluding carboxylic acids is 4. The fraction of sp³-hybridized carbons (Fsp3) is 0. The van der Waals surface area contributed by atoms with Gasteiger partial charge in [-0.25, -0.2) is 0 Å². The van der Waals surface area contributed by atoms with E-state index in [4.69, 9.17) is 28.9 Å². The van der Waals surface area contributed by atoms with Crippen molar-refractivity contribution in [3.63, 3.8) is 0 Å². The first-order valence-corrected chi connectivity index (χ1v) is 21.2. The van der Waals surface area contributed by atoms with Gasteiger partial charge in [-0.05, 0) is 145 Å². The van der Waals surface area contributed by atoms with E-state index in [-0.39, 0.29) is 11.8 Å². The molecule has 0 aliphatic carbocycles. The second-order valence-electron chi connectivity index (χ2n) is 14.8. The van der Waals surface area contributed by atoms with E-state index >= 15 is 0 Å². The topological polar surface area (TPSA) is 196 Å². The summed E-state index contributed by atoms with van der Waals surface area (Å²) < 4.78 is 0. The third kappa shape index (κ3) is 9.27. The van der Waals surface area contributed by atoms with Crippen LogP contribution in [0.4, 0.5) is 17.1 Å². The van der Waals surface area contributed by atoms with E-state index in [2.05, 4.69) is 40.5 Å². The Morgan fingerprint density at radius 1 is 0.373 bits per heavy atom. The number of anilines is 3. The second kappa shape index (κ2) is 19.1. The molecule has 0 radical (unpaired) electrons. The molecule has 0 unspecified atom stereocenters. The van der Waals surface area contributed by atoms with Crippen molar-refractivity contribution < 1.29 is 19.2 Å². The van der Waals surface area contributed by atoms with E-state index in [1.54, 1.807) is 61.4 Å². The van der Waals surface area contributed by atoms with Crippen molar-refractivity contribution in [3.05, 3.63) is 199 Å². The summed E-state index contributed by atoms with van der Waals surface area (Å²) in [5.74, 6) is -0.584. The van der Waals surface area contributed by atoms with Crippen LogP contribution < -0.4 is 16.4 Å². The lowest BCUT2D eigenvalue weighted by Gasteiger charge is -2.12. The number of rotatable bonds is 6. The molecule has 0 bridgehead atoms. The number of hydrogen-bond acceptors (Lipinski definition) is 11. The van der Waals surface area contributed by atoms with Gasteiger partial charge < -0.3 is 16.4 Å². The number of carbonyl (C=O) groups is 4. The molecule has 6 heterocycles. The molecule has 2 amide bonds. The summed E-state index contributed by atoms with van der Waals surface area (Å²) in [7, 11) is 0. The van der Waals surface area contributed by atoms with E-state index in [1.807, 2.05) is 91.0 Å². The number of nitrogens with two attached hydrogens (primary N) is 1. The van der Waals surface area contributed by atoms with Gasteiger partial charge in [-0.15, -0.1) is 0 Å². The van der Waals surface area contributed by atoms with E-state index in [9.17, 15) is 19.2 Å². The SMILES string of the molecule is Nc1cc2cccnc2c2ncccc12.O=C(Cl)c1ccc(C(=O)Cl)cc1.O=C(Nc1cc2cccnc2c2ncccc12)c1ccc(C(=O)Nc2cc3cccnc3c3ncccc23)cc1. The molecule has 324 valence electrons. The Morgan fingerprint density at radius 3 is 1.04 bits per heavy atom. The van der Waals surface area contributed by atoms with Gasteiger partial charge in [-0.2, -0.15) is 0 Å². The maximum atomic E-state index is 13.2. The predicted molar refractivity (Wildman–Crippen MR) is 265 cm³/mol. The largest absolute Gasteiger partial charge is 0.398 e. The quantitative estimate of drug-likeness (QED) is 0.0815. The smallest absolute Gasteiger partial charge is 0.255 e. The Hall–Kier alpha value is -8.78. The number of halogens is 2. The first-order chi connectivity index (χ1) is 32.6. The Bertz CT molecular complexity index is 3540. The van der Waals surface area contributed by atoms with Crippen LogP contribution in [0.5, 0.6) is 0 Å². The summed E-state index contributed by atoms with van der Waals surface area (Å²) in [5.41, 5.74) is 14.3. The number of hydrogen-bond donors (Lipinski definition) is 3. The summed E-state index contributed by atoms with van der Waals surface area (Å²) in [6.45, 7) is 0. The molecule has 0 fully saturated rings. The van der Waals surface area contributed by atoms with Gasteiger partial charge in [-0.3, -0.25) is 49.1 Å². The lowest BCUT2D eigenvalue weighted by Crippen LogP contribution is -2.15. The van der Waals surface area contributed by atoms with Gasteiger partial charge in [0.15, 0.2) is 0 Å². The van der Waals surface area contributed by atoms with Gasteiger partial charge in [0.1, 0.15) is 0 Å². The number of fused-ring (bicyclic) bond motifs is 9. The average Bonchev–Trinajstić information content (AvgIpc) is 3.37. The zero-order valence-corrected chi connectivity index (χ0v) is 36.4. The monoisotopic (exact) mass is 917 g/mol. The minimum atomic E-state index is -0.552. The van der Waals surface area contributed by atoms with E-state index in [0.717, 1.165) is 71.1 Å². The zero-order valence-electron chi connectivity index (χ0n) is 34.9. The van der Waals surface area contributed by atoms with Crippen LogP contribution in [-0.4, -0.2) is 52.2 Å². The van der Waals surface area contributed by atoms with Crippen molar-refractivity contribution in [2.24, 2.45) is 0 Å². The van der Waals surface area contributed by atoms with Crippen LogP contribution in [0.2, 0.25) is 0 Å². The molecule has 0 atom stereocenters. The molecule has 0 saturated heterocycles. The fourth-order valence-corrected chi connectivity index (χ4v) is 7.71. The third-order valence-electron chi connectivity index (χ3n) is 10.7. The normalized spacial score (nSPS) is 10.8. The number of benzene rings is 5. The van der Waals surface area contributed by atoms with Crippen LogP contribution in [0.3, 0.4) is 0 Å². The molecule has 6 aromatic heterocycles. The molecular formula is C52H33Cl2N9O4. The number of pyridine rings is 6. The molecule has 11 aromatic rings. The van der Waals surface area contributed by atoms with Crippen LogP contribution in [0.25, 0.3) is 65.4 Å². The Balaban J connectivity index is 0.000000169. The first kappa shape index (κ1) is 43.5. The molecule has 15 heteroatoms. The third-order valence-corrected chi connectivity index (χ3v) is 11.1. The number of amides is 2. The number of nitrogens with one attached hydrogen (secondary N) is 2. The van der Waals surface area contributed by atoms with Crippen molar-refractivity contribution in [1.82, 2.24) is 29.9 Å². The van der Waals surface area contributed by atoms with Gasteiger partial charge in [-0.1, -0.05) is 18.2 Å². The van der Waals surface area contributed by atoms with E-state index in [1.165, 1.54) is 24.3 Å². The zero-order chi connectivity index (χ0) is 46.4. The lowest BCUT2D eigenvalue weighted by molar-refractivity contribution is 0.101. The van der Waals surface area contributed by atoms with Crippen LogP contribution in [0, 0.1) is 0 Å². The highest BCUT2D eigenvalue weighted by atomic mass is 35.5. The van der Waals surface area contributed by atoms with Crippen molar-refractivity contribution in [3.8, 4) is 0 Å². The Kier molecular flexibility index (Phi) is 12.4. The maximum Gasteiger partial charge on any atom is 0.255 e. The van der Waals surface area contributed by atoms with Gasteiger partial charge in [0.05, 0.1) is 44.5 Å². The van der Waals surface area contributed by atoms with Crippen LogP contribution in [-0.2, 0) is 0 Å². The standard InChI is InChI=1S/C32H20N6O2.C12H9N3.C8H4Cl2O2/c39-31(37-25-17-21-5-1-13-33-27(21)29-23(25)7-3-15-35-29)19-9-11-20(12-10-19)32(40)38-26-18-22-6-2-14-34-28(22)30-24(26)8-4-16-36-30;13-10-7-8-3-1-5-14-11(8)12-9(10)4-2-6-15-12;9-7(11)5-1-2-6(4-3-5)8(10)12/h1-18H,(H,37,39)(H,38,40);1-7H,13H2;1-4H. The average molecular weight is 919 g/mol. The highest BCUT2D eigenvalue weighted by molar-refractivity contribution is 6.68. The summed E-state index contributed by atoms with van der Waals surface area (Å²) in [5, 5.41) is 10.2. The van der Waals surface area contributed by atoms with Crippen LogP contribution in [0.15, 0.2) is 177 Å². The predicted octanol–water partition coefficient (Wildman–Crippen LogP) is 11.2. The molecule has 0 spiro atoms. The molecule has 67 heavy (non-hydrogen) atoms. The van der Waals surface area contributed by atoms with Gasteiger partial charge in [0.2, 0.25) is 0 Å². The summed E-state index contributed by atoms with van der Waals surface area (Å²) in [6.07, 6.45) is 10.4. The molecule has 11 rings (SSSR count). The summed E-state index contributed by atoms with van der Waals surface area (Å²) >= 11 is 10.4. The summed E-state index contributed by atoms with van der Waals surface area (Å²) in [4.78, 5) is 74.0. The lowest BCUT2D eigenvalue weighted by atomic mass is 10.1. The van der Waals surface area contributed by atoms with Crippen molar-refractivity contribution in [2.75, 3.05) is 16.4 Å². The molecule has 5 aromatic carbocycles. The highest BCUT2D eigenvalue weighted by Gasteiger charge is 2.16. The van der Waals surface area contributed by atoms with Crippen molar-refractivity contribution >= 4 is 128 Å². The van der Waals surface area contributed by atoms with Crippen molar-refractivity contribution in [1.29, 1.82) is 0 Å². The van der Waals surface area contributed by atoms with E-state index in [0.29, 0.717) is 33.6 Å². The number of aromatic nitrogens is 6. The molecule has 0 aliphatic rings. The second-order valence-corrected chi connectivity index (χ2v) is 15.5. The van der Waals surface area contributed by atoms with Gasteiger partial charge >= 0.3 is 0 Å². The number of nitrogen functional groups attached to an aromatic ring is 1. The molecule has 0 aliphatic heterocycles. The van der Waals surface area contributed by atoms with Crippen molar-refractivity contribution in [2.45, 2.75) is 0 Å². The number of nitrogens with zero attached hydrogens (tertiary/aromatic N) is 6. The minimum absolute atomic E-state index is 0.292. The molecule has 0 saturated carbocycles. The highest BCUT2D eigenvalue weighted by Crippen LogP contribution is 2.32. The van der Waals surface area contributed by atoms with Crippen LogP contribution >= 0.6 is 23.2 Å². The fourth-order valence-electron chi connectivity index (χ4n) is 7.46. The minimum Gasteiger partial charge on any atom is -0.398 e. The first-order valence-electron chi connectivity index (χ1n) is 20.5. The molecule has 13 nitrogen and oxygen atoms in total.